The van der Waals surface area contributed by atoms with Crippen molar-refractivity contribution in [2.24, 2.45) is 0 Å². The fourth-order valence-corrected chi connectivity index (χ4v) is 2.37. The highest BCUT2D eigenvalue weighted by Gasteiger charge is 2.18. The van der Waals surface area contributed by atoms with Gasteiger partial charge in [-0.1, -0.05) is 23.2 Å². The number of anilines is 1. The summed E-state index contributed by atoms with van der Waals surface area (Å²) in [4.78, 5) is 37.0. The van der Waals surface area contributed by atoms with Crippen molar-refractivity contribution in [3.63, 3.8) is 0 Å². The normalized spacial score (nSPS) is 10.2. The van der Waals surface area contributed by atoms with E-state index in [2.05, 4.69) is 5.32 Å². The molecule has 9 heteroatoms. The summed E-state index contributed by atoms with van der Waals surface area (Å²) in [5.41, 5.74) is 0.429. The number of esters is 1. The smallest absolute Gasteiger partial charge is 0.340 e. The summed E-state index contributed by atoms with van der Waals surface area (Å²) in [6.45, 7) is -0.840. The number of amides is 2. The highest BCUT2D eigenvalue weighted by Crippen LogP contribution is 2.21. The second-order valence-electron chi connectivity index (χ2n) is 5.51. The van der Waals surface area contributed by atoms with E-state index >= 15 is 0 Å². The van der Waals surface area contributed by atoms with Crippen molar-refractivity contribution in [2.75, 3.05) is 25.5 Å². The molecule has 0 atom stereocenters. The van der Waals surface area contributed by atoms with E-state index in [1.165, 1.54) is 49.5 Å². The van der Waals surface area contributed by atoms with Crippen molar-refractivity contribution in [1.29, 1.82) is 0 Å². The molecule has 1 N–H and O–H groups in total. The van der Waals surface area contributed by atoms with Gasteiger partial charge in [-0.05, 0) is 42.5 Å². The molecule has 0 aliphatic heterocycles. The summed E-state index contributed by atoms with van der Waals surface area (Å²) in [5, 5.41) is 2.96. The van der Waals surface area contributed by atoms with Gasteiger partial charge >= 0.3 is 5.97 Å². The number of likely N-dealkylation sites (N-methyl/N-ethyl adjacent to an activating group) is 1. The predicted molar refractivity (Wildman–Crippen MR) is 99.4 cm³/mol. The Balaban J connectivity index is 1.84. The molecule has 2 rings (SSSR count). The number of carbonyl (C=O) groups excluding carboxylic acids is 3. The molecule has 0 aromatic heterocycles. The van der Waals surface area contributed by atoms with Gasteiger partial charge in [0, 0.05) is 17.8 Å². The minimum absolute atomic E-state index is 0.0358. The molecule has 0 unspecified atom stereocenters. The van der Waals surface area contributed by atoms with Crippen molar-refractivity contribution < 1.29 is 23.5 Å². The van der Waals surface area contributed by atoms with Gasteiger partial charge in [0.25, 0.3) is 5.91 Å². The largest absolute Gasteiger partial charge is 0.452 e. The van der Waals surface area contributed by atoms with Crippen molar-refractivity contribution in [3.05, 3.63) is 63.9 Å². The summed E-state index contributed by atoms with van der Waals surface area (Å²) in [5.74, 6) is -2.31. The SMILES string of the molecule is CN(CC(=O)Nc1ccc(F)cc1)C(=O)COC(=O)c1cc(Cl)ccc1Cl. The third-order valence-corrected chi connectivity index (χ3v) is 3.97. The number of hydrogen-bond acceptors (Lipinski definition) is 4. The van der Waals surface area contributed by atoms with Gasteiger partial charge in [0.05, 0.1) is 17.1 Å². The minimum atomic E-state index is -0.806. The first-order chi connectivity index (χ1) is 12.8. The fourth-order valence-electron chi connectivity index (χ4n) is 2.01. The van der Waals surface area contributed by atoms with Gasteiger partial charge in [-0.25, -0.2) is 9.18 Å². The minimum Gasteiger partial charge on any atom is -0.452 e. The van der Waals surface area contributed by atoms with Gasteiger partial charge in [0.1, 0.15) is 5.82 Å². The van der Waals surface area contributed by atoms with Crippen LogP contribution in [-0.2, 0) is 14.3 Å². The number of benzene rings is 2. The van der Waals surface area contributed by atoms with Crippen LogP contribution in [0, 0.1) is 5.82 Å². The summed E-state index contributed by atoms with van der Waals surface area (Å²) in [6.07, 6.45) is 0. The van der Waals surface area contributed by atoms with E-state index in [9.17, 15) is 18.8 Å². The second-order valence-corrected chi connectivity index (χ2v) is 6.35. The lowest BCUT2D eigenvalue weighted by Crippen LogP contribution is -2.37. The number of hydrogen-bond donors (Lipinski definition) is 1. The van der Waals surface area contributed by atoms with E-state index in [0.29, 0.717) is 10.7 Å². The molecule has 0 aliphatic rings. The summed E-state index contributed by atoms with van der Waals surface area (Å²) < 4.78 is 17.8. The number of halogens is 3. The van der Waals surface area contributed by atoms with Crippen LogP contribution in [0.25, 0.3) is 0 Å². The Morgan fingerprint density at radius 3 is 2.44 bits per heavy atom. The number of ether oxygens (including phenoxy) is 1. The van der Waals surface area contributed by atoms with Crippen LogP contribution >= 0.6 is 23.2 Å². The van der Waals surface area contributed by atoms with Crippen molar-refractivity contribution >= 4 is 46.7 Å². The highest BCUT2D eigenvalue weighted by molar-refractivity contribution is 6.35. The van der Waals surface area contributed by atoms with E-state index in [1.54, 1.807) is 0 Å². The maximum Gasteiger partial charge on any atom is 0.340 e. The maximum atomic E-state index is 12.8. The summed E-state index contributed by atoms with van der Waals surface area (Å²) in [6, 6.07) is 9.47. The number of nitrogens with zero attached hydrogens (tertiary/aromatic N) is 1. The van der Waals surface area contributed by atoms with Crippen LogP contribution in [0.2, 0.25) is 10.0 Å². The zero-order chi connectivity index (χ0) is 20.0. The van der Waals surface area contributed by atoms with Crippen molar-refractivity contribution in [2.45, 2.75) is 0 Å². The van der Waals surface area contributed by atoms with Crippen molar-refractivity contribution in [1.82, 2.24) is 4.90 Å². The van der Waals surface area contributed by atoms with Crippen LogP contribution in [0.1, 0.15) is 10.4 Å². The molecule has 6 nitrogen and oxygen atoms in total. The van der Waals surface area contributed by atoms with E-state index in [-0.39, 0.29) is 17.1 Å². The molecule has 0 radical (unpaired) electrons. The van der Waals surface area contributed by atoms with Gasteiger partial charge in [-0.2, -0.15) is 0 Å². The van der Waals surface area contributed by atoms with E-state index in [0.717, 1.165) is 4.90 Å². The first-order valence-electron chi connectivity index (χ1n) is 7.68. The predicted octanol–water partition coefficient (Wildman–Crippen LogP) is 3.39. The molecule has 0 fully saturated rings. The van der Waals surface area contributed by atoms with E-state index in [4.69, 9.17) is 27.9 Å². The quantitative estimate of drug-likeness (QED) is 0.737. The molecule has 0 aliphatic carbocycles. The second kappa shape index (κ2) is 9.34. The Morgan fingerprint density at radius 2 is 1.78 bits per heavy atom. The molecule has 0 saturated heterocycles. The molecule has 0 heterocycles. The van der Waals surface area contributed by atoms with Crippen LogP contribution in [0.5, 0.6) is 0 Å². The van der Waals surface area contributed by atoms with Crippen LogP contribution in [0.4, 0.5) is 10.1 Å². The maximum absolute atomic E-state index is 12.8. The molecule has 0 spiro atoms. The lowest BCUT2D eigenvalue weighted by molar-refractivity contribution is -0.136. The lowest BCUT2D eigenvalue weighted by Gasteiger charge is -2.17. The van der Waals surface area contributed by atoms with Crippen LogP contribution in [0.15, 0.2) is 42.5 Å². The third kappa shape index (κ3) is 6.23. The molecule has 27 heavy (non-hydrogen) atoms. The third-order valence-electron chi connectivity index (χ3n) is 3.41. The zero-order valence-electron chi connectivity index (χ0n) is 14.2. The lowest BCUT2D eigenvalue weighted by atomic mass is 10.2. The zero-order valence-corrected chi connectivity index (χ0v) is 15.7. The van der Waals surface area contributed by atoms with Crippen molar-refractivity contribution in [3.8, 4) is 0 Å². The number of carbonyl (C=O) groups is 3. The van der Waals surface area contributed by atoms with Gasteiger partial charge in [0.2, 0.25) is 5.91 Å². The Labute approximate surface area is 164 Å². The molecule has 2 amide bonds. The van der Waals surface area contributed by atoms with Crippen LogP contribution in [0.3, 0.4) is 0 Å². The summed E-state index contributed by atoms with van der Waals surface area (Å²) >= 11 is 11.7. The molecule has 142 valence electrons. The van der Waals surface area contributed by atoms with Gasteiger partial charge in [-0.15, -0.1) is 0 Å². The van der Waals surface area contributed by atoms with Gasteiger partial charge < -0.3 is 15.0 Å². The molecule has 2 aromatic carbocycles. The molecule has 2 aromatic rings. The van der Waals surface area contributed by atoms with Crippen LogP contribution < -0.4 is 5.32 Å². The topological polar surface area (TPSA) is 75.7 Å². The first-order valence-corrected chi connectivity index (χ1v) is 8.43. The highest BCUT2D eigenvalue weighted by atomic mass is 35.5. The Kier molecular flexibility index (Phi) is 7.15. The molecular formula is C18H15Cl2FN2O4. The number of nitrogens with one attached hydrogen (secondary N) is 1. The number of rotatable bonds is 6. The molecular weight excluding hydrogens is 398 g/mol. The summed E-state index contributed by atoms with van der Waals surface area (Å²) in [7, 11) is 1.38. The Hall–Kier alpha value is -2.64. The Bertz CT molecular complexity index is 859. The monoisotopic (exact) mass is 412 g/mol. The van der Waals surface area contributed by atoms with Crippen LogP contribution in [-0.4, -0.2) is 42.9 Å². The molecule has 0 bridgehead atoms. The van der Waals surface area contributed by atoms with Gasteiger partial charge in [-0.3, -0.25) is 9.59 Å². The van der Waals surface area contributed by atoms with E-state index in [1.807, 2.05) is 0 Å². The van der Waals surface area contributed by atoms with E-state index < -0.39 is 30.2 Å². The standard InChI is InChI=1S/C18H15Cl2FN2O4/c1-23(9-16(24)22-13-5-3-12(21)4-6-13)17(25)10-27-18(26)14-8-11(19)2-7-15(14)20/h2-8H,9-10H2,1H3,(H,22,24). The fraction of sp³-hybridized carbons (Fsp3) is 0.167. The average Bonchev–Trinajstić information content (AvgIpc) is 2.63. The first kappa shape index (κ1) is 20.7. The Morgan fingerprint density at radius 1 is 1.11 bits per heavy atom. The molecule has 0 saturated carbocycles. The van der Waals surface area contributed by atoms with Gasteiger partial charge in [0.15, 0.2) is 6.61 Å². The average molecular weight is 413 g/mol.